The number of halogens is 1. The van der Waals surface area contributed by atoms with Gasteiger partial charge < -0.3 is 10.1 Å². The van der Waals surface area contributed by atoms with Crippen molar-refractivity contribution in [3.8, 4) is 5.88 Å². The van der Waals surface area contributed by atoms with Crippen LogP contribution < -0.4 is 10.1 Å². The number of methoxy groups -OCH3 is 1. The summed E-state index contributed by atoms with van der Waals surface area (Å²) in [4.78, 5) is 4.14. The SMILES string of the molecule is COc1cc(CNC(c2ccc(Cl)cc2)C2CC2)ccn1. The highest BCUT2D eigenvalue weighted by molar-refractivity contribution is 6.30. The van der Waals surface area contributed by atoms with Gasteiger partial charge in [-0.15, -0.1) is 0 Å². The summed E-state index contributed by atoms with van der Waals surface area (Å²) >= 11 is 5.98. The maximum Gasteiger partial charge on any atom is 0.213 e. The molecular formula is C17H19ClN2O. The summed E-state index contributed by atoms with van der Waals surface area (Å²) in [6.07, 6.45) is 4.37. The standard InChI is InChI=1S/C17H19ClN2O/c1-21-16-10-12(8-9-19-16)11-20-17(13-2-3-13)14-4-6-15(18)7-5-14/h4-10,13,17,20H,2-3,11H2,1H3. The molecule has 1 unspecified atom stereocenters. The van der Waals surface area contributed by atoms with E-state index in [-0.39, 0.29) is 0 Å². The molecule has 21 heavy (non-hydrogen) atoms. The minimum atomic E-state index is 0.390. The first-order chi connectivity index (χ1) is 10.3. The summed E-state index contributed by atoms with van der Waals surface area (Å²) in [5.41, 5.74) is 2.49. The van der Waals surface area contributed by atoms with Crippen LogP contribution in [0.4, 0.5) is 0 Å². The number of benzene rings is 1. The van der Waals surface area contributed by atoms with Gasteiger partial charge in [0.2, 0.25) is 5.88 Å². The zero-order valence-electron chi connectivity index (χ0n) is 12.1. The van der Waals surface area contributed by atoms with Crippen LogP contribution in [0.5, 0.6) is 5.88 Å². The molecule has 0 spiro atoms. The van der Waals surface area contributed by atoms with Crippen molar-refractivity contribution < 1.29 is 4.74 Å². The number of hydrogen-bond acceptors (Lipinski definition) is 3. The second-order valence-electron chi connectivity index (χ2n) is 5.45. The van der Waals surface area contributed by atoms with Gasteiger partial charge in [0.25, 0.3) is 0 Å². The molecule has 1 aromatic carbocycles. The van der Waals surface area contributed by atoms with Gasteiger partial charge in [-0.05, 0) is 48.1 Å². The third kappa shape index (κ3) is 3.74. The normalized spacial score (nSPS) is 15.7. The summed E-state index contributed by atoms with van der Waals surface area (Å²) in [5, 5.41) is 4.44. The van der Waals surface area contributed by atoms with Crippen LogP contribution in [-0.4, -0.2) is 12.1 Å². The van der Waals surface area contributed by atoms with E-state index in [1.165, 1.54) is 24.0 Å². The molecule has 0 bridgehead atoms. The van der Waals surface area contributed by atoms with Gasteiger partial charge in [0, 0.05) is 29.9 Å². The van der Waals surface area contributed by atoms with Crippen molar-refractivity contribution in [2.45, 2.75) is 25.4 Å². The van der Waals surface area contributed by atoms with Crippen molar-refractivity contribution in [3.05, 3.63) is 58.7 Å². The Morgan fingerprint density at radius 1 is 1.29 bits per heavy atom. The molecule has 0 aliphatic heterocycles. The largest absolute Gasteiger partial charge is 0.481 e. The number of ether oxygens (including phenoxy) is 1. The third-order valence-corrected chi connectivity index (χ3v) is 4.11. The highest BCUT2D eigenvalue weighted by Crippen LogP contribution is 2.41. The smallest absolute Gasteiger partial charge is 0.213 e. The fraction of sp³-hybridized carbons (Fsp3) is 0.353. The molecule has 1 fully saturated rings. The number of hydrogen-bond donors (Lipinski definition) is 1. The van der Waals surface area contributed by atoms with Crippen molar-refractivity contribution in [3.63, 3.8) is 0 Å². The lowest BCUT2D eigenvalue weighted by Gasteiger charge is -2.19. The molecule has 4 heteroatoms. The molecule has 1 aromatic heterocycles. The Balaban J connectivity index is 1.69. The average molecular weight is 303 g/mol. The lowest BCUT2D eigenvalue weighted by molar-refractivity contribution is 0.396. The number of nitrogens with one attached hydrogen (secondary N) is 1. The van der Waals surface area contributed by atoms with Crippen LogP contribution in [0.3, 0.4) is 0 Å². The summed E-state index contributed by atoms with van der Waals surface area (Å²) in [6.45, 7) is 0.808. The Kier molecular flexibility index (Phi) is 4.42. The van der Waals surface area contributed by atoms with Crippen molar-refractivity contribution in [2.24, 2.45) is 5.92 Å². The van der Waals surface area contributed by atoms with E-state index in [0.717, 1.165) is 17.5 Å². The van der Waals surface area contributed by atoms with E-state index in [1.54, 1.807) is 13.3 Å². The lowest BCUT2D eigenvalue weighted by atomic mass is 10.0. The molecule has 1 saturated carbocycles. The van der Waals surface area contributed by atoms with Crippen LogP contribution in [0.1, 0.15) is 30.0 Å². The molecule has 1 aliphatic rings. The van der Waals surface area contributed by atoms with E-state index in [0.29, 0.717) is 11.9 Å². The molecule has 1 atom stereocenters. The Morgan fingerprint density at radius 3 is 2.71 bits per heavy atom. The maximum absolute atomic E-state index is 5.98. The van der Waals surface area contributed by atoms with Crippen molar-refractivity contribution >= 4 is 11.6 Å². The molecular weight excluding hydrogens is 284 g/mol. The van der Waals surface area contributed by atoms with Gasteiger partial charge in [0.1, 0.15) is 0 Å². The van der Waals surface area contributed by atoms with Crippen LogP contribution in [0.15, 0.2) is 42.6 Å². The van der Waals surface area contributed by atoms with E-state index in [4.69, 9.17) is 16.3 Å². The molecule has 1 aliphatic carbocycles. The molecule has 2 aromatic rings. The van der Waals surface area contributed by atoms with E-state index >= 15 is 0 Å². The molecule has 3 nitrogen and oxygen atoms in total. The lowest BCUT2D eigenvalue weighted by Crippen LogP contribution is -2.22. The van der Waals surface area contributed by atoms with Gasteiger partial charge >= 0.3 is 0 Å². The highest BCUT2D eigenvalue weighted by Gasteiger charge is 2.31. The van der Waals surface area contributed by atoms with Gasteiger partial charge in [0.05, 0.1) is 7.11 Å². The van der Waals surface area contributed by atoms with Crippen LogP contribution in [0, 0.1) is 5.92 Å². The molecule has 110 valence electrons. The Labute approximate surface area is 130 Å². The minimum Gasteiger partial charge on any atom is -0.481 e. The fourth-order valence-corrected chi connectivity index (χ4v) is 2.68. The Bertz CT molecular complexity index is 596. The quantitative estimate of drug-likeness (QED) is 0.876. The summed E-state index contributed by atoms with van der Waals surface area (Å²) in [5.74, 6) is 1.39. The minimum absolute atomic E-state index is 0.390. The second-order valence-corrected chi connectivity index (χ2v) is 5.89. The number of pyridine rings is 1. The third-order valence-electron chi connectivity index (χ3n) is 3.86. The molecule has 0 saturated heterocycles. The molecule has 0 radical (unpaired) electrons. The van der Waals surface area contributed by atoms with Gasteiger partial charge in [-0.2, -0.15) is 0 Å². The predicted octanol–water partition coefficient (Wildman–Crippen LogP) is 3.98. The van der Waals surface area contributed by atoms with Gasteiger partial charge in [-0.3, -0.25) is 0 Å². The van der Waals surface area contributed by atoms with E-state index in [2.05, 4.69) is 22.4 Å². The van der Waals surface area contributed by atoms with Crippen LogP contribution in [-0.2, 0) is 6.54 Å². The molecule has 1 N–H and O–H groups in total. The molecule has 3 rings (SSSR count). The van der Waals surface area contributed by atoms with Crippen LogP contribution in [0.2, 0.25) is 5.02 Å². The van der Waals surface area contributed by atoms with Crippen molar-refractivity contribution in [2.75, 3.05) is 7.11 Å². The zero-order chi connectivity index (χ0) is 14.7. The predicted molar refractivity (Wildman–Crippen MR) is 84.5 cm³/mol. The van der Waals surface area contributed by atoms with Crippen molar-refractivity contribution in [1.82, 2.24) is 10.3 Å². The first-order valence-electron chi connectivity index (χ1n) is 7.24. The second kappa shape index (κ2) is 6.46. The zero-order valence-corrected chi connectivity index (χ0v) is 12.8. The topological polar surface area (TPSA) is 34.1 Å². The van der Waals surface area contributed by atoms with Crippen LogP contribution in [0.25, 0.3) is 0 Å². The number of aromatic nitrogens is 1. The molecule has 1 heterocycles. The Morgan fingerprint density at radius 2 is 2.05 bits per heavy atom. The fourth-order valence-electron chi connectivity index (χ4n) is 2.56. The maximum atomic E-state index is 5.98. The highest BCUT2D eigenvalue weighted by atomic mass is 35.5. The van der Waals surface area contributed by atoms with E-state index < -0.39 is 0 Å². The first-order valence-corrected chi connectivity index (χ1v) is 7.62. The number of rotatable bonds is 6. The van der Waals surface area contributed by atoms with Gasteiger partial charge in [-0.25, -0.2) is 4.98 Å². The monoisotopic (exact) mass is 302 g/mol. The number of nitrogens with zero attached hydrogens (tertiary/aromatic N) is 1. The summed E-state index contributed by atoms with van der Waals surface area (Å²) in [7, 11) is 1.64. The Hall–Kier alpha value is -1.58. The van der Waals surface area contributed by atoms with Crippen LogP contribution >= 0.6 is 11.6 Å². The molecule has 0 amide bonds. The average Bonchev–Trinajstić information content (AvgIpc) is 3.34. The van der Waals surface area contributed by atoms with E-state index in [1.807, 2.05) is 24.3 Å². The summed E-state index contributed by atoms with van der Waals surface area (Å²) in [6, 6.07) is 12.5. The first kappa shape index (κ1) is 14.4. The summed E-state index contributed by atoms with van der Waals surface area (Å²) < 4.78 is 5.17. The van der Waals surface area contributed by atoms with E-state index in [9.17, 15) is 0 Å². The van der Waals surface area contributed by atoms with Gasteiger partial charge in [-0.1, -0.05) is 23.7 Å². The van der Waals surface area contributed by atoms with Crippen molar-refractivity contribution in [1.29, 1.82) is 0 Å². The van der Waals surface area contributed by atoms with Gasteiger partial charge in [0.15, 0.2) is 0 Å².